The third-order valence-electron chi connectivity index (χ3n) is 5.50. The van der Waals surface area contributed by atoms with E-state index in [4.69, 9.17) is 5.73 Å². The molecule has 2 heterocycles. The predicted octanol–water partition coefficient (Wildman–Crippen LogP) is 4.99. The van der Waals surface area contributed by atoms with Crippen LogP contribution in [0.1, 0.15) is 38.2 Å². The molecule has 0 spiro atoms. The molecule has 1 amide bonds. The van der Waals surface area contributed by atoms with Gasteiger partial charge in [-0.1, -0.05) is 18.7 Å². The molecule has 30 heavy (non-hydrogen) atoms. The van der Waals surface area contributed by atoms with E-state index in [9.17, 15) is 9.18 Å². The second-order valence-electron chi connectivity index (χ2n) is 7.64. The van der Waals surface area contributed by atoms with E-state index in [2.05, 4.69) is 21.9 Å². The molecule has 3 aromatic rings. The number of fused-ring (bicyclic) bond motifs is 1. The number of nitrogens with one attached hydrogen (secondary N) is 1. The molecule has 0 unspecified atom stereocenters. The number of hydrogen-bond donors (Lipinski definition) is 2. The van der Waals surface area contributed by atoms with Crippen LogP contribution in [0, 0.1) is 0 Å². The second-order valence-corrected chi connectivity index (χ2v) is 7.64. The van der Waals surface area contributed by atoms with Crippen LogP contribution in [0.4, 0.5) is 15.9 Å². The number of aryl methyl sites for hydroxylation is 1. The summed E-state index contributed by atoms with van der Waals surface area (Å²) in [4.78, 5) is 20.4. The highest BCUT2D eigenvalue weighted by Gasteiger charge is 2.26. The summed E-state index contributed by atoms with van der Waals surface area (Å²) in [6, 6.07) is 7.43. The molecule has 6 nitrogen and oxygen atoms in total. The SMILES string of the molecule is C=C(C)C(=O)Nc1ccc(-c2c(C3=C(F)CCCC3)c3c(N)ncnc3n2C)cc1. The van der Waals surface area contributed by atoms with Gasteiger partial charge in [0.05, 0.1) is 11.1 Å². The number of halogens is 1. The van der Waals surface area contributed by atoms with Gasteiger partial charge >= 0.3 is 0 Å². The first-order chi connectivity index (χ1) is 14.4. The zero-order chi connectivity index (χ0) is 21.4. The van der Waals surface area contributed by atoms with Gasteiger partial charge in [0.15, 0.2) is 0 Å². The van der Waals surface area contributed by atoms with Crippen LogP contribution in [0.15, 0.2) is 48.6 Å². The van der Waals surface area contributed by atoms with Crippen molar-refractivity contribution in [3.8, 4) is 11.3 Å². The van der Waals surface area contributed by atoms with Gasteiger partial charge in [0.1, 0.15) is 23.6 Å². The maximum Gasteiger partial charge on any atom is 0.250 e. The quantitative estimate of drug-likeness (QED) is 0.599. The minimum atomic E-state index is -0.231. The van der Waals surface area contributed by atoms with E-state index in [-0.39, 0.29) is 11.7 Å². The number of carbonyl (C=O) groups excluding carboxylic acids is 1. The van der Waals surface area contributed by atoms with Gasteiger partial charge in [-0.25, -0.2) is 14.4 Å². The molecule has 0 saturated heterocycles. The van der Waals surface area contributed by atoms with Crippen molar-refractivity contribution in [3.63, 3.8) is 0 Å². The van der Waals surface area contributed by atoms with E-state index in [0.29, 0.717) is 46.5 Å². The third kappa shape index (κ3) is 3.36. The average Bonchev–Trinajstić information content (AvgIpc) is 3.02. The maximum atomic E-state index is 14.9. The number of benzene rings is 1. The molecule has 2 aromatic heterocycles. The molecule has 1 aliphatic carbocycles. The van der Waals surface area contributed by atoms with Gasteiger partial charge in [-0.05, 0) is 55.9 Å². The van der Waals surface area contributed by atoms with Gasteiger partial charge in [0, 0.05) is 23.9 Å². The smallest absolute Gasteiger partial charge is 0.250 e. The van der Waals surface area contributed by atoms with Crippen LogP contribution in [0.25, 0.3) is 27.9 Å². The number of hydrogen-bond acceptors (Lipinski definition) is 4. The zero-order valence-corrected chi connectivity index (χ0v) is 17.1. The molecule has 0 radical (unpaired) electrons. The van der Waals surface area contributed by atoms with Gasteiger partial charge in [-0.15, -0.1) is 0 Å². The maximum absolute atomic E-state index is 14.9. The fraction of sp³-hybridized carbons (Fsp3) is 0.261. The summed E-state index contributed by atoms with van der Waals surface area (Å²) in [5.41, 5.74) is 11.1. The van der Waals surface area contributed by atoms with Crippen molar-refractivity contribution in [1.82, 2.24) is 14.5 Å². The largest absolute Gasteiger partial charge is 0.383 e. The van der Waals surface area contributed by atoms with E-state index >= 15 is 0 Å². The molecule has 0 bridgehead atoms. The van der Waals surface area contributed by atoms with Crippen LogP contribution in [0.5, 0.6) is 0 Å². The lowest BCUT2D eigenvalue weighted by Crippen LogP contribution is -2.11. The van der Waals surface area contributed by atoms with E-state index in [1.807, 2.05) is 35.9 Å². The van der Waals surface area contributed by atoms with Crippen LogP contribution in [0.3, 0.4) is 0 Å². The minimum absolute atomic E-state index is 0.0939. The molecule has 4 rings (SSSR count). The van der Waals surface area contributed by atoms with Gasteiger partial charge in [0.25, 0.3) is 5.91 Å². The van der Waals surface area contributed by atoms with Gasteiger partial charge in [0.2, 0.25) is 0 Å². The van der Waals surface area contributed by atoms with E-state index in [1.54, 1.807) is 6.92 Å². The summed E-state index contributed by atoms with van der Waals surface area (Å²) in [5, 5.41) is 3.48. The highest BCUT2D eigenvalue weighted by molar-refractivity contribution is 6.05. The Morgan fingerprint density at radius 2 is 1.90 bits per heavy atom. The highest BCUT2D eigenvalue weighted by Crippen LogP contribution is 2.44. The molecule has 3 N–H and O–H groups in total. The van der Waals surface area contributed by atoms with Gasteiger partial charge < -0.3 is 15.6 Å². The molecular weight excluding hydrogens is 381 g/mol. The number of aromatic nitrogens is 3. The van der Waals surface area contributed by atoms with Crippen LogP contribution in [0.2, 0.25) is 0 Å². The number of nitrogens with zero attached hydrogens (tertiary/aromatic N) is 3. The monoisotopic (exact) mass is 405 g/mol. The lowest BCUT2D eigenvalue weighted by molar-refractivity contribution is -0.112. The molecule has 7 heteroatoms. The average molecular weight is 405 g/mol. The molecule has 0 aliphatic heterocycles. The van der Waals surface area contributed by atoms with E-state index < -0.39 is 0 Å². The Morgan fingerprint density at radius 1 is 1.20 bits per heavy atom. The standard InChI is InChI=1S/C23H24FN5O/c1-13(2)23(30)28-15-10-8-14(9-11-15)20-18(16-6-4-5-7-17(16)24)19-21(25)26-12-27-22(19)29(20)3/h8-12H,1,4-7H2,2-3H3,(H,28,30)(H2,25,26,27). The fourth-order valence-corrected chi connectivity index (χ4v) is 3.99. The Labute approximate surface area is 174 Å². The molecule has 0 atom stereocenters. The first kappa shape index (κ1) is 19.8. The summed E-state index contributed by atoms with van der Waals surface area (Å²) < 4.78 is 16.8. The minimum Gasteiger partial charge on any atom is -0.383 e. The number of amides is 1. The summed E-state index contributed by atoms with van der Waals surface area (Å²) in [6.45, 7) is 5.31. The Bertz CT molecular complexity index is 1190. The Hall–Kier alpha value is -3.48. The first-order valence-corrected chi connectivity index (χ1v) is 9.92. The van der Waals surface area contributed by atoms with Crippen LogP contribution in [-0.2, 0) is 11.8 Å². The predicted molar refractivity (Wildman–Crippen MR) is 118 cm³/mol. The Balaban J connectivity index is 1.90. The van der Waals surface area contributed by atoms with Crippen LogP contribution in [-0.4, -0.2) is 20.4 Å². The lowest BCUT2D eigenvalue weighted by Gasteiger charge is -2.17. The molecule has 0 fully saturated rings. The third-order valence-corrected chi connectivity index (χ3v) is 5.50. The normalized spacial score (nSPS) is 14.2. The van der Waals surface area contributed by atoms with Gasteiger partial charge in [-0.2, -0.15) is 0 Å². The van der Waals surface area contributed by atoms with E-state index in [0.717, 1.165) is 29.7 Å². The number of nitrogens with two attached hydrogens (primary N) is 1. The summed E-state index contributed by atoms with van der Waals surface area (Å²) in [7, 11) is 1.89. The lowest BCUT2D eigenvalue weighted by atomic mass is 9.89. The second kappa shape index (κ2) is 7.74. The first-order valence-electron chi connectivity index (χ1n) is 9.92. The summed E-state index contributed by atoms with van der Waals surface area (Å²) in [6.07, 6.45) is 4.29. The molecular formula is C23H24FN5O. The van der Waals surface area contributed by atoms with Crippen LogP contribution >= 0.6 is 0 Å². The summed E-state index contributed by atoms with van der Waals surface area (Å²) in [5.74, 6) is 0.0159. The number of nitrogen functional groups attached to an aromatic ring is 1. The van der Waals surface area contributed by atoms with Crippen LogP contribution < -0.4 is 11.1 Å². The summed E-state index contributed by atoms with van der Waals surface area (Å²) >= 11 is 0. The van der Waals surface area contributed by atoms with Crippen molar-refractivity contribution in [2.24, 2.45) is 7.05 Å². The van der Waals surface area contributed by atoms with Crippen molar-refractivity contribution in [2.45, 2.75) is 32.6 Å². The zero-order valence-electron chi connectivity index (χ0n) is 17.1. The topological polar surface area (TPSA) is 85.8 Å². The van der Waals surface area contributed by atoms with E-state index in [1.165, 1.54) is 6.33 Å². The number of allylic oxidation sites excluding steroid dienone is 2. The van der Waals surface area contributed by atoms with Crippen molar-refractivity contribution in [2.75, 3.05) is 11.1 Å². The fourth-order valence-electron chi connectivity index (χ4n) is 3.99. The van der Waals surface area contributed by atoms with Crippen molar-refractivity contribution < 1.29 is 9.18 Å². The number of rotatable bonds is 4. The van der Waals surface area contributed by atoms with Crippen molar-refractivity contribution in [1.29, 1.82) is 0 Å². The molecule has 0 saturated carbocycles. The van der Waals surface area contributed by atoms with Gasteiger partial charge in [-0.3, -0.25) is 4.79 Å². The Morgan fingerprint density at radius 3 is 2.57 bits per heavy atom. The van der Waals surface area contributed by atoms with Crippen molar-refractivity contribution in [3.05, 3.63) is 54.1 Å². The van der Waals surface area contributed by atoms with Crippen molar-refractivity contribution >= 4 is 34.0 Å². The highest BCUT2D eigenvalue weighted by atomic mass is 19.1. The number of carbonyl (C=O) groups is 1. The molecule has 154 valence electrons. The number of anilines is 2. The molecule has 1 aromatic carbocycles. The Kier molecular flexibility index (Phi) is 5.11. The molecule has 1 aliphatic rings.